The van der Waals surface area contributed by atoms with Crippen molar-refractivity contribution in [3.63, 3.8) is 0 Å². The summed E-state index contributed by atoms with van der Waals surface area (Å²) in [5.74, 6) is -4.63. The second-order valence-corrected chi connectivity index (χ2v) is 7.47. The molecule has 5 heteroatoms. The first-order chi connectivity index (χ1) is 15.2. The Bertz CT molecular complexity index is 1190. The van der Waals surface area contributed by atoms with Crippen LogP contribution in [0.2, 0.25) is 0 Å². The van der Waals surface area contributed by atoms with E-state index in [9.17, 15) is 17.6 Å². The molecule has 0 spiro atoms. The monoisotopic (exact) mass is 438 g/mol. The first kappa shape index (κ1) is 23.1. The molecule has 0 aromatic heterocycles. The molecule has 0 aliphatic carbocycles. The minimum Gasteiger partial charge on any atom is -0.486 e. The van der Waals surface area contributed by atoms with Gasteiger partial charge >= 0.3 is 0 Å². The summed E-state index contributed by atoms with van der Waals surface area (Å²) in [5, 5.41) is 0. The van der Waals surface area contributed by atoms with E-state index in [0.29, 0.717) is 16.7 Å². The molecule has 0 heterocycles. The third kappa shape index (κ3) is 4.99. The van der Waals surface area contributed by atoms with Crippen molar-refractivity contribution in [3.8, 4) is 22.3 Å². The standard InChI is InChI=1S/C27H22F4O/c1-16(2)24(28)25(29)18(4)32-15-19-7-11-21(12-8-19)23-14-13-22(26(30)27(23)31)20-9-5-17(3)6-10-20/h5-14H,1,4,15H2,2-3H3/b25-24-. The maximum atomic E-state index is 14.8. The summed E-state index contributed by atoms with van der Waals surface area (Å²) in [5.41, 5.74) is 2.95. The fourth-order valence-electron chi connectivity index (χ4n) is 3.05. The van der Waals surface area contributed by atoms with Crippen LogP contribution in [0.4, 0.5) is 17.6 Å². The minimum absolute atomic E-state index is 0.0701. The van der Waals surface area contributed by atoms with Crippen LogP contribution in [0.3, 0.4) is 0 Å². The highest BCUT2D eigenvalue weighted by Crippen LogP contribution is 2.32. The number of rotatable bonds is 7. The topological polar surface area (TPSA) is 9.23 Å². The van der Waals surface area contributed by atoms with Crippen LogP contribution in [0.15, 0.2) is 96.8 Å². The van der Waals surface area contributed by atoms with Gasteiger partial charge in [-0.15, -0.1) is 0 Å². The smallest absolute Gasteiger partial charge is 0.200 e. The van der Waals surface area contributed by atoms with Gasteiger partial charge in [-0.25, -0.2) is 13.2 Å². The van der Waals surface area contributed by atoms with E-state index in [1.54, 1.807) is 42.5 Å². The van der Waals surface area contributed by atoms with Gasteiger partial charge in [0.15, 0.2) is 29.0 Å². The molecule has 1 nitrogen and oxygen atoms in total. The summed E-state index contributed by atoms with van der Waals surface area (Å²) in [7, 11) is 0. The minimum atomic E-state index is -1.21. The van der Waals surface area contributed by atoms with Crippen molar-refractivity contribution < 1.29 is 22.3 Å². The first-order valence-electron chi connectivity index (χ1n) is 9.86. The first-order valence-corrected chi connectivity index (χ1v) is 9.86. The van der Waals surface area contributed by atoms with Crippen LogP contribution in [0, 0.1) is 18.6 Å². The average Bonchev–Trinajstić information content (AvgIpc) is 2.79. The quantitative estimate of drug-likeness (QED) is 0.205. The summed E-state index contributed by atoms with van der Waals surface area (Å²) < 4.78 is 62.1. The van der Waals surface area contributed by atoms with Gasteiger partial charge in [0.2, 0.25) is 0 Å². The largest absolute Gasteiger partial charge is 0.486 e. The number of halogens is 4. The molecule has 0 atom stereocenters. The highest BCUT2D eigenvalue weighted by atomic mass is 19.2. The maximum Gasteiger partial charge on any atom is 0.200 e. The summed E-state index contributed by atoms with van der Waals surface area (Å²) >= 11 is 0. The van der Waals surface area contributed by atoms with E-state index in [1.807, 2.05) is 19.1 Å². The van der Waals surface area contributed by atoms with E-state index >= 15 is 0 Å². The van der Waals surface area contributed by atoms with Crippen molar-refractivity contribution in [1.82, 2.24) is 0 Å². The van der Waals surface area contributed by atoms with Crippen molar-refractivity contribution in [2.75, 3.05) is 0 Å². The molecule has 0 aliphatic heterocycles. The Kier molecular flexibility index (Phi) is 6.98. The third-order valence-corrected chi connectivity index (χ3v) is 4.94. The van der Waals surface area contributed by atoms with Crippen molar-refractivity contribution in [2.24, 2.45) is 0 Å². The third-order valence-electron chi connectivity index (χ3n) is 4.94. The van der Waals surface area contributed by atoms with E-state index in [1.165, 1.54) is 13.0 Å². The Balaban J connectivity index is 1.77. The molecule has 0 aliphatic rings. The van der Waals surface area contributed by atoms with Crippen LogP contribution < -0.4 is 0 Å². The van der Waals surface area contributed by atoms with Gasteiger partial charge in [0.05, 0.1) is 0 Å². The zero-order chi connectivity index (χ0) is 23.4. The van der Waals surface area contributed by atoms with Gasteiger partial charge in [0, 0.05) is 11.1 Å². The molecule has 0 unspecified atom stereocenters. The lowest BCUT2D eigenvalue weighted by atomic mass is 9.98. The van der Waals surface area contributed by atoms with Gasteiger partial charge in [-0.05, 0) is 36.1 Å². The Labute approximate surface area is 185 Å². The van der Waals surface area contributed by atoms with E-state index < -0.39 is 29.0 Å². The van der Waals surface area contributed by atoms with Crippen LogP contribution in [0.5, 0.6) is 0 Å². The van der Waals surface area contributed by atoms with Gasteiger partial charge in [-0.1, -0.05) is 79.4 Å². The van der Waals surface area contributed by atoms with Crippen LogP contribution in [-0.4, -0.2) is 0 Å². The highest BCUT2D eigenvalue weighted by molar-refractivity contribution is 5.72. The zero-order valence-corrected chi connectivity index (χ0v) is 17.8. The van der Waals surface area contributed by atoms with Crippen molar-refractivity contribution >= 4 is 0 Å². The van der Waals surface area contributed by atoms with Crippen LogP contribution in [0.1, 0.15) is 18.1 Å². The average molecular weight is 438 g/mol. The number of ether oxygens (including phenoxy) is 1. The van der Waals surface area contributed by atoms with Crippen LogP contribution in [-0.2, 0) is 11.3 Å². The van der Waals surface area contributed by atoms with E-state index in [0.717, 1.165) is 5.56 Å². The van der Waals surface area contributed by atoms with Crippen molar-refractivity contribution in [2.45, 2.75) is 20.5 Å². The molecule has 3 aromatic carbocycles. The molecule has 3 rings (SSSR count). The van der Waals surface area contributed by atoms with Crippen molar-refractivity contribution in [3.05, 3.63) is 120 Å². The Morgan fingerprint density at radius 3 is 1.69 bits per heavy atom. The summed E-state index contributed by atoms with van der Waals surface area (Å²) in [6.45, 7) is 9.88. The molecular formula is C27H22F4O. The predicted molar refractivity (Wildman–Crippen MR) is 120 cm³/mol. The van der Waals surface area contributed by atoms with Crippen molar-refractivity contribution in [1.29, 1.82) is 0 Å². The van der Waals surface area contributed by atoms with E-state index in [2.05, 4.69) is 13.2 Å². The molecule has 3 aromatic rings. The summed E-state index contributed by atoms with van der Waals surface area (Å²) in [6.07, 6.45) is 0. The van der Waals surface area contributed by atoms with Gasteiger partial charge in [0.25, 0.3) is 0 Å². The van der Waals surface area contributed by atoms with Gasteiger partial charge in [-0.3, -0.25) is 0 Å². The number of hydrogen-bond acceptors (Lipinski definition) is 1. The molecule has 0 bridgehead atoms. The Morgan fingerprint density at radius 1 is 0.750 bits per heavy atom. The SMILES string of the molecule is C=C(C)/C(F)=C(/F)C(=C)OCc1ccc(-c2ccc(-c3ccc(C)cc3)c(F)c2F)cc1. The highest BCUT2D eigenvalue weighted by Gasteiger charge is 2.16. The van der Waals surface area contributed by atoms with Gasteiger partial charge in [0.1, 0.15) is 6.61 Å². The fraction of sp³-hybridized carbons (Fsp3) is 0.111. The molecular weight excluding hydrogens is 416 g/mol. The second-order valence-electron chi connectivity index (χ2n) is 7.47. The molecule has 32 heavy (non-hydrogen) atoms. The summed E-state index contributed by atoms with van der Waals surface area (Å²) in [6, 6.07) is 16.7. The van der Waals surface area contributed by atoms with Crippen LogP contribution in [0.25, 0.3) is 22.3 Å². The predicted octanol–water partition coefficient (Wildman–Crippen LogP) is 8.36. The number of aryl methyl sites for hydroxylation is 1. The summed E-state index contributed by atoms with van der Waals surface area (Å²) in [4.78, 5) is 0. The number of allylic oxidation sites excluding steroid dienone is 3. The van der Waals surface area contributed by atoms with Crippen LogP contribution >= 0.6 is 0 Å². The molecule has 0 fully saturated rings. The number of hydrogen-bond donors (Lipinski definition) is 0. The second kappa shape index (κ2) is 9.69. The van der Waals surface area contributed by atoms with Gasteiger partial charge < -0.3 is 4.74 Å². The Morgan fingerprint density at radius 2 is 1.22 bits per heavy atom. The molecule has 0 saturated carbocycles. The molecule has 0 radical (unpaired) electrons. The molecule has 164 valence electrons. The Hall–Kier alpha value is -3.60. The number of benzene rings is 3. The lowest BCUT2D eigenvalue weighted by molar-refractivity contribution is 0.195. The lowest BCUT2D eigenvalue weighted by Gasteiger charge is -2.11. The van der Waals surface area contributed by atoms with E-state index in [4.69, 9.17) is 4.74 Å². The maximum absolute atomic E-state index is 14.8. The molecule has 0 N–H and O–H groups in total. The van der Waals surface area contributed by atoms with Gasteiger partial charge in [-0.2, -0.15) is 4.39 Å². The van der Waals surface area contributed by atoms with E-state index in [-0.39, 0.29) is 23.3 Å². The molecule has 0 amide bonds. The normalized spacial score (nSPS) is 11.7. The molecule has 0 saturated heterocycles. The fourth-order valence-corrected chi connectivity index (χ4v) is 3.05. The lowest BCUT2D eigenvalue weighted by Crippen LogP contribution is -1.97. The zero-order valence-electron chi connectivity index (χ0n) is 17.8.